The van der Waals surface area contributed by atoms with E-state index in [1.165, 1.54) is 24.6 Å². The van der Waals surface area contributed by atoms with Crippen LogP contribution in [-0.4, -0.2) is 21.8 Å². The highest BCUT2D eigenvalue weighted by Crippen LogP contribution is 2.25. The van der Waals surface area contributed by atoms with Crippen molar-refractivity contribution in [3.05, 3.63) is 88.5 Å². The zero-order chi connectivity index (χ0) is 19.5. The zero-order valence-electron chi connectivity index (χ0n) is 14.4. The predicted octanol–water partition coefficient (Wildman–Crippen LogP) is 2.26. The number of furan rings is 1. The number of pyridine rings is 2. The van der Waals surface area contributed by atoms with E-state index < -0.39 is 17.4 Å². The highest BCUT2D eigenvalue weighted by atomic mass is 16.3. The van der Waals surface area contributed by atoms with E-state index in [9.17, 15) is 14.4 Å². The molecule has 0 saturated carbocycles. The molecule has 3 aromatic heterocycles. The van der Waals surface area contributed by atoms with Gasteiger partial charge in [0.05, 0.1) is 17.3 Å². The highest BCUT2D eigenvalue weighted by Gasteiger charge is 2.16. The fourth-order valence-corrected chi connectivity index (χ4v) is 2.76. The molecule has 0 saturated heterocycles. The van der Waals surface area contributed by atoms with E-state index in [4.69, 9.17) is 4.42 Å². The lowest BCUT2D eigenvalue weighted by Crippen LogP contribution is -2.43. The van der Waals surface area contributed by atoms with E-state index in [2.05, 4.69) is 20.8 Å². The Bertz CT molecular complexity index is 1230. The van der Waals surface area contributed by atoms with Crippen molar-refractivity contribution < 1.29 is 14.0 Å². The second-order valence-corrected chi connectivity index (χ2v) is 5.87. The molecule has 0 aliphatic heterocycles. The summed E-state index contributed by atoms with van der Waals surface area (Å²) in [7, 11) is 0. The Hall–Kier alpha value is -4.20. The van der Waals surface area contributed by atoms with Gasteiger partial charge in [-0.2, -0.15) is 0 Å². The first-order valence-corrected chi connectivity index (χ1v) is 8.35. The molecule has 8 heteroatoms. The monoisotopic (exact) mass is 374 g/mol. The van der Waals surface area contributed by atoms with Gasteiger partial charge in [-0.05, 0) is 36.4 Å². The van der Waals surface area contributed by atoms with Crippen LogP contribution in [0.4, 0.5) is 0 Å². The molecular weight excluding hydrogens is 360 g/mol. The van der Waals surface area contributed by atoms with Crippen molar-refractivity contribution >= 4 is 22.7 Å². The summed E-state index contributed by atoms with van der Waals surface area (Å²) >= 11 is 0. The van der Waals surface area contributed by atoms with Crippen LogP contribution in [-0.2, 0) is 0 Å². The van der Waals surface area contributed by atoms with Crippen molar-refractivity contribution in [3.8, 4) is 11.5 Å². The minimum Gasteiger partial charge on any atom is -0.463 e. The molecule has 0 aliphatic carbocycles. The van der Waals surface area contributed by atoms with Crippen molar-refractivity contribution in [1.29, 1.82) is 0 Å². The molecular formula is C20H14N4O4. The average molecular weight is 374 g/mol. The Kier molecular flexibility index (Phi) is 4.43. The van der Waals surface area contributed by atoms with E-state index >= 15 is 0 Å². The maximum Gasteiger partial charge on any atom is 0.275 e. The van der Waals surface area contributed by atoms with Crippen LogP contribution in [0.2, 0.25) is 0 Å². The Balaban J connectivity index is 1.64. The molecule has 138 valence electrons. The van der Waals surface area contributed by atoms with Crippen LogP contribution < -0.4 is 16.4 Å². The second kappa shape index (κ2) is 7.20. The fraction of sp³-hybridized carbons (Fsp3) is 0. The van der Waals surface area contributed by atoms with Gasteiger partial charge in [-0.15, -0.1) is 0 Å². The number of hydrogen-bond donors (Lipinski definition) is 3. The van der Waals surface area contributed by atoms with Gasteiger partial charge >= 0.3 is 0 Å². The van der Waals surface area contributed by atoms with Crippen LogP contribution >= 0.6 is 0 Å². The third-order valence-corrected chi connectivity index (χ3v) is 4.09. The third kappa shape index (κ3) is 3.26. The molecule has 0 aliphatic rings. The fourth-order valence-electron chi connectivity index (χ4n) is 2.76. The number of hydrogen-bond acceptors (Lipinski definition) is 5. The van der Waals surface area contributed by atoms with E-state index in [0.717, 1.165) is 0 Å². The van der Waals surface area contributed by atoms with Gasteiger partial charge in [0, 0.05) is 11.6 Å². The number of aromatic amines is 1. The number of fused-ring (bicyclic) bond motifs is 1. The van der Waals surface area contributed by atoms with Crippen molar-refractivity contribution in [2.75, 3.05) is 0 Å². The number of hydrazine groups is 1. The van der Waals surface area contributed by atoms with Crippen molar-refractivity contribution in [2.24, 2.45) is 0 Å². The van der Waals surface area contributed by atoms with Gasteiger partial charge in [0.1, 0.15) is 11.3 Å². The maximum absolute atomic E-state index is 12.7. The van der Waals surface area contributed by atoms with Crippen LogP contribution in [0.5, 0.6) is 0 Å². The normalized spacial score (nSPS) is 10.6. The summed E-state index contributed by atoms with van der Waals surface area (Å²) in [5, 5.41) is 0.613. The van der Waals surface area contributed by atoms with Crippen LogP contribution in [0, 0.1) is 0 Å². The first-order valence-electron chi connectivity index (χ1n) is 8.35. The standard InChI is InChI=1S/C20H14N4O4/c25-18-13(6-3-9-21-18)19(26)23-24-20(27)14-11-16(17-8-4-10-28-17)22-15-7-2-1-5-12(14)15/h1-11H,(H,21,25)(H,23,26)(H,24,27). The van der Waals surface area contributed by atoms with Gasteiger partial charge < -0.3 is 9.40 Å². The molecule has 0 fully saturated rings. The largest absolute Gasteiger partial charge is 0.463 e. The highest BCUT2D eigenvalue weighted by molar-refractivity contribution is 6.08. The lowest BCUT2D eigenvalue weighted by molar-refractivity contribution is 0.0846. The number of H-pyrrole nitrogens is 1. The number of benzene rings is 1. The molecule has 2 amide bonds. The van der Waals surface area contributed by atoms with Gasteiger partial charge in [-0.1, -0.05) is 18.2 Å². The summed E-state index contributed by atoms with van der Waals surface area (Å²) in [5.74, 6) is -0.758. The average Bonchev–Trinajstić information content (AvgIpc) is 3.26. The number of carbonyl (C=O) groups is 2. The Labute approximate surface area is 158 Å². The number of nitrogens with zero attached hydrogens (tertiary/aromatic N) is 1. The molecule has 0 atom stereocenters. The minimum atomic E-state index is -0.722. The zero-order valence-corrected chi connectivity index (χ0v) is 14.4. The third-order valence-electron chi connectivity index (χ3n) is 4.09. The van der Waals surface area contributed by atoms with Crippen molar-refractivity contribution in [1.82, 2.24) is 20.8 Å². The molecule has 0 radical (unpaired) electrons. The van der Waals surface area contributed by atoms with E-state index in [1.807, 2.05) is 6.07 Å². The molecule has 8 nitrogen and oxygen atoms in total. The topological polar surface area (TPSA) is 117 Å². The van der Waals surface area contributed by atoms with Gasteiger partial charge in [-0.25, -0.2) is 4.98 Å². The summed E-state index contributed by atoms with van der Waals surface area (Å²) < 4.78 is 5.37. The molecule has 4 rings (SSSR count). The van der Waals surface area contributed by atoms with E-state index in [0.29, 0.717) is 27.9 Å². The van der Waals surface area contributed by atoms with Gasteiger partial charge in [0.2, 0.25) is 0 Å². The quantitative estimate of drug-likeness (QED) is 0.476. The van der Waals surface area contributed by atoms with Crippen LogP contribution in [0.15, 0.2) is 76.3 Å². The maximum atomic E-state index is 12.7. The summed E-state index contributed by atoms with van der Waals surface area (Å²) in [6, 6.07) is 15.1. The van der Waals surface area contributed by atoms with Crippen molar-refractivity contribution in [3.63, 3.8) is 0 Å². The van der Waals surface area contributed by atoms with Crippen molar-refractivity contribution in [2.45, 2.75) is 0 Å². The summed E-state index contributed by atoms with van der Waals surface area (Å²) in [6.07, 6.45) is 2.93. The molecule has 1 aromatic carbocycles. The Morgan fingerprint density at radius 3 is 2.46 bits per heavy atom. The number of aromatic nitrogens is 2. The predicted molar refractivity (Wildman–Crippen MR) is 101 cm³/mol. The molecule has 4 aromatic rings. The van der Waals surface area contributed by atoms with E-state index in [1.54, 1.807) is 36.4 Å². The molecule has 0 bridgehead atoms. The second-order valence-electron chi connectivity index (χ2n) is 5.87. The van der Waals surface area contributed by atoms with Gasteiger partial charge in [0.15, 0.2) is 5.76 Å². The number of nitrogens with one attached hydrogen (secondary N) is 3. The SMILES string of the molecule is O=C(NNC(=O)c1cc(-c2ccco2)nc2ccccc12)c1ccc[nH]c1=O. The minimum absolute atomic E-state index is 0.112. The number of rotatable bonds is 3. The first kappa shape index (κ1) is 17.2. The van der Waals surface area contributed by atoms with Crippen LogP contribution in [0.3, 0.4) is 0 Å². The number of carbonyl (C=O) groups excluding carboxylic acids is 2. The molecule has 28 heavy (non-hydrogen) atoms. The molecule has 3 N–H and O–H groups in total. The summed E-state index contributed by atoms with van der Waals surface area (Å²) in [6.45, 7) is 0. The first-order chi connectivity index (χ1) is 13.6. The Morgan fingerprint density at radius 2 is 1.71 bits per heavy atom. The number of amides is 2. The lowest BCUT2D eigenvalue weighted by atomic mass is 10.1. The Morgan fingerprint density at radius 1 is 0.929 bits per heavy atom. The van der Waals surface area contributed by atoms with E-state index in [-0.39, 0.29) is 5.56 Å². The number of para-hydroxylation sites is 1. The van der Waals surface area contributed by atoms with Crippen LogP contribution in [0.25, 0.3) is 22.4 Å². The summed E-state index contributed by atoms with van der Waals surface area (Å²) in [5.41, 5.74) is 5.32. The molecule has 0 unspecified atom stereocenters. The lowest BCUT2D eigenvalue weighted by Gasteiger charge is -2.10. The smallest absolute Gasteiger partial charge is 0.275 e. The van der Waals surface area contributed by atoms with Gasteiger partial charge in [0.25, 0.3) is 17.4 Å². The summed E-state index contributed by atoms with van der Waals surface area (Å²) in [4.78, 5) is 43.5. The molecule has 3 heterocycles. The molecule has 0 spiro atoms. The van der Waals surface area contributed by atoms with Gasteiger partial charge in [-0.3, -0.25) is 25.2 Å². The van der Waals surface area contributed by atoms with Crippen LogP contribution in [0.1, 0.15) is 20.7 Å².